The predicted molar refractivity (Wildman–Crippen MR) is 229 cm³/mol. The molecule has 0 radical (unpaired) electrons. The molecule has 1 atom stereocenters. The van der Waals surface area contributed by atoms with Gasteiger partial charge in [0.1, 0.15) is 34.5 Å². The Hall–Kier alpha value is -6.68. The first-order chi connectivity index (χ1) is 29.2. The van der Waals surface area contributed by atoms with Crippen LogP contribution in [-0.4, -0.2) is 68.1 Å². The second-order valence-electron chi connectivity index (χ2n) is 14.1. The lowest BCUT2D eigenvalue weighted by Crippen LogP contribution is -2.41. The average Bonchev–Trinajstić information content (AvgIpc) is 3.18. The average molecular weight is 889 g/mol. The van der Waals surface area contributed by atoms with Gasteiger partial charge in [-0.05, 0) is 130 Å². The summed E-state index contributed by atoms with van der Waals surface area (Å²) in [5, 5.41) is 40.4. The van der Waals surface area contributed by atoms with Gasteiger partial charge in [0.2, 0.25) is 0 Å². The molecule has 62 heavy (non-hydrogen) atoms. The quantitative estimate of drug-likeness (QED) is 0.0521. The largest absolute Gasteiger partial charge is 0.496 e. The van der Waals surface area contributed by atoms with Crippen LogP contribution < -0.4 is 15.4 Å². The lowest BCUT2D eigenvalue weighted by atomic mass is 9.98. The summed E-state index contributed by atoms with van der Waals surface area (Å²) in [6.07, 6.45) is 1.97. The SMILES string of the molecule is CCOC1=CC(N=Nc2ccc(C(=O)O)cc2)=C(C)CC1NC(=O)Nc1cc(C)c(N=Nc2cc(C)c(N=Nc3ccc(C)cc3S(=O)(=O)O)cc2C)cc1OCCS(=O)(=O)O. The van der Waals surface area contributed by atoms with Gasteiger partial charge in [-0.25, -0.2) is 9.59 Å². The minimum absolute atomic E-state index is 0.0340. The van der Waals surface area contributed by atoms with Crippen LogP contribution in [0.4, 0.5) is 38.9 Å². The number of aromatic carboxylic acids is 1. The van der Waals surface area contributed by atoms with E-state index in [9.17, 15) is 35.5 Å². The molecule has 0 fully saturated rings. The van der Waals surface area contributed by atoms with Crippen LogP contribution in [-0.2, 0) is 25.0 Å². The van der Waals surface area contributed by atoms with E-state index < -0.39 is 50.6 Å². The molecule has 4 aromatic carbocycles. The first kappa shape index (κ1) is 46.4. The Labute approximate surface area is 357 Å². The van der Waals surface area contributed by atoms with Crippen molar-refractivity contribution in [1.29, 1.82) is 0 Å². The number of benzene rings is 4. The number of azo groups is 3. The first-order valence-corrected chi connectivity index (χ1v) is 21.9. The number of hydrogen-bond donors (Lipinski definition) is 5. The maximum absolute atomic E-state index is 13.5. The molecule has 0 spiro atoms. The number of ether oxygens (including phenoxy) is 2. The van der Waals surface area contributed by atoms with Gasteiger partial charge in [-0.1, -0.05) is 6.07 Å². The maximum Gasteiger partial charge on any atom is 0.335 e. The zero-order valence-corrected chi connectivity index (χ0v) is 36.1. The molecule has 0 aliphatic heterocycles. The predicted octanol–water partition coefficient (Wildman–Crippen LogP) is 9.83. The van der Waals surface area contributed by atoms with Crippen molar-refractivity contribution >= 4 is 66.4 Å². The van der Waals surface area contributed by atoms with Crippen LogP contribution in [0, 0.1) is 27.7 Å². The summed E-state index contributed by atoms with van der Waals surface area (Å²) < 4.78 is 77.4. The number of urea groups is 1. The van der Waals surface area contributed by atoms with E-state index in [2.05, 4.69) is 41.3 Å². The van der Waals surface area contributed by atoms with Crippen LogP contribution in [0.25, 0.3) is 0 Å². The molecule has 2 amide bonds. The van der Waals surface area contributed by atoms with Crippen LogP contribution in [0.3, 0.4) is 0 Å². The molecule has 0 saturated carbocycles. The van der Waals surface area contributed by atoms with Gasteiger partial charge in [0, 0.05) is 12.1 Å². The monoisotopic (exact) mass is 888 g/mol. The van der Waals surface area contributed by atoms with Gasteiger partial charge in [0.05, 0.1) is 52.3 Å². The van der Waals surface area contributed by atoms with Gasteiger partial charge < -0.3 is 25.2 Å². The number of anilines is 1. The molecule has 21 heteroatoms. The molecule has 0 bridgehead atoms. The summed E-state index contributed by atoms with van der Waals surface area (Å²) in [5.74, 6) is -1.33. The molecule has 5 rings (SSSR count). The molecular formula is C41H44N8O11S2. The molecule has 326 valence electrons. The Balaban J connectivity index is 1.35. The molecule has 5 N–H and O–H groups in total. The van der Waals surface area contributed by atoms with E-state index in [1.165, 1.54) is 42.5 Å². The number of allylic oxidation sites excluding steroid dienone is 1. The number of carboxylic acid groups (broad SMARTS) is 1. The highest BCUT2D eigenvalue weighted by Crippen LogP contribution is 2.37. The Morgan fingerprint density at radius 2 is 1.34 bits per heavy atom. The fourth-order valence-corrected chi connectivity index (χ4v) is 6.90. The minimum Gasteiger partial charge on any atom is -0.496 e. The van der Waals surface area contributed by atoms with Crippen molar-refractivity contribution in [2.24, 2.45) is 30.7 Å². The van der Waals surface area contributed by atoms with Gasteiger partial charge in [0.25, 0.3) is 20.2 Å². The Morgan fingerprint density at radius 3 is 1.92 bits per heavy atom. The lowest BCUT2D eigenvalue weighted by molar-refractivity contribution is 0.0696. The van der Waals surface area contributed by atoms with Crippen LogP contribution in [0.1, 0.15) is 52.9 Å². The summed E-state index contributed by atoms with van der Waals surface area (Å²) in [6.45, 7) is 10.3. The number of carbonyl (C=O) groups is 2. The van der Waals surface area contributed by atoms with E-state index in [0.29, 0.717) is 62.9 Å². The molecule has 19 nitrogen and oxygen atoms in total. The fourth-order valence-electron chi connectivity index (χ4n) is 5.90. The zero-order chi connectivity index (χ0) is 45.4. The Bertz CT molecular complexity index is 2770. The second-order valence-corrected chi connectivity index (χ2v) is 17.1. The summed E-state index contributed by atoms with van der Waals surface area (Å²) in [5.41, 5.74) is 5.59. The molecular weight excluding hydrogens is 845 g/mol. The summed E-state index contributed by atoms with van der Waals surface area (Å²) in [7, 11) is -8.93. The van der Waals surface area contributed by atoms with E-state index in [1.54, 1.807) is 65.0 Å². The molecule has 1 aliphatic rings. The van der Waals surface area contributed by atoms with Crippen molar-refractivity contribution in [3.8, 4) is 5.75 Å². The number of nitrogens with zero attached hydrogens (tertiary/aromatic N) is 6. The highest BCUT2D eigenvalue weighted by atomic mass is 32.2. The highest BCUT2D eigenvalue weighted by molar-refractivity contribution is 7.86. The molecule has 1 unspecified atom stereocenters. The number of nitrogens with one attached hydrogen (secondary N) is 2. The fraction of sp³-hybridized carbons (Fsp3) is 0.268. The normalized spacial score (nSPS) is 14.7. The molecule has 0 heterocycles. The maximum atomic E-state index is 13.5. The second kappa shape index (κ2) is 19.8. The minimum atomic E-state index is -4.55. The smallest absolute Gasteiger partial charge is 0.335 e. The number of rotatable bonds is 16. The topological polar surface area (TPSA) is 280 Å². The van der Waals surface area contributed by atoms with Crippen LogP contribution in [0.15, 0.2) is 125 Å². The third-order valence-electron chi connectivity index (χ3n) is 9.16. The summed E-state index contributed by atoms with van der Waals surface area (Å²) in [6, 6.07) is 15.4. The van der Waals surface area contributed by atoms with Crippen molar-refractivity contribution in [2.45, 2.75) is 58.9 Å². The van der Waals surface area contributed by atoms with Crippen molar-refractivity contribution in [3.05, 3.63) is 118 Å². The molecule has 0 aromatic heterocycles. The Morgan fingerprint density at radius 1 is 0.742 bits per heavy atom. The summed E-state index contributed by atoms with van der Waals surface area (Å²) >= 11 is 0. The number of aryl methyl sites for hydroxylation is 4. The van der Waals surface area contributed by atoms with Crippen LogP contribution >= 0.6 is 0 Å². The summed E-state index contributed by atoms with van der Waals surface area (Å²) in [4.78, 5) is 24.3. The number of carbonyl (C=O) groups excluding carboxylic acids is 1. The van der Waals surface area contributed by atoms with E-state index in [0.717, 1.165) is 5.57 Å². The molecule has 0 saturated heterocycles. The van der Waals surface area contributed by atoms with E-state index >= 15 is 0 Å². The molecule has 1 aliphatic carbocycles. The van der Waals surface area contributed by atoms with Crippen LogP contribution in [0.2, 0.25) is 0 Å². The Kier molecular flexibility index (Phi) is 14.8. The zero-order valence-electron chi connectivity index (χ0n) is 34.4. The third kappa shape index (κ3) is 12.7. The molecule has 4 aromatic rings. The van der Waals surface area contributed by atoms with E-state index in [1.807, 2.05) is 6.92 Å². The van der Waals surface area contributed by atoms with Gasteiger partial charge in [-0.2, -0.15) is 42.4 Å². The number of hydrogen-bond acceptors (Lipinski definition) is 14. The third-order valence-corrected chi connectivity index (χ3v) is 10.7. The van der Waals surface area contributed by atoms with Crippen molar-refractivity contribution in [1.82, 2.24) is 5.32 Å². The highest BCUT2D eigenvalue weighted by Gasteiger charge is 2.26. The lowest BCUT2D eigenvalue weighted by Gasteiger charge is -2.26. The van der Waals surface area contributed by atoms with Gasteiger partial charge >= 0.3 is 12.0 Å². The van der Waals surface area contributed by atoms with Crippen LogP contribution in [0.5, 0.6) is 5.75 Å². The number of amides is 2. The van der Waals surface area contributed by atoms with Gasteiger partial charge in [0.15, 0.2) is 0 Å². The standard InChI is InChI=1S/C41H44N8O11S2/c1-7-59-37-21-33(46-44-29-11-9-28(10-12-29)40(50)51)26(5)19-35(37)42-41(52)43-36-20-27(6)34(22-38(36)60-14-15-61(53,54)55)49-48-32-18-24(3)31(17-25(32)4)47-45-30-13-8-23(2)16-39(30)62(56,57)58/h8-13,16-18,20-22,35H,7,14-15,19H2,1-6H3,(H,50,51)(H2,42,43,52)(H,53,54,55)(H,56,57,58). The first-order valence-electron chi connectivity index (χ1n) is 18.8. The van der Waals surface area contributed by atoms with E-state index in [-0.39, 0.29) is 34.2 Å². The van der Waals surface area contributed by atoms with Gasteiger partial charge in [-0.3, -0.25) is 9.11 Å². The van der Waals surface area contributed by atoms with Gasteiger partial charge in [-0.15, -0.1) is 5.11 Å². The van der Waals surface area contributed by atoms with Crippen molar-refractivity contribution in [3.63, 3.8) is 0 Å². The number of carboxylic acids is 1. The van der Waals surface area contributed by atoms with Crippen molar-refractivity contribution < 1.29 is 50.1 Å². The van der Waals surface area contributed by atoms with Crippen molar-refractivity contribution in [2.75, 3.05) is 24.3 Å². The van der Waals surface area contributed by atoms with E-state index in [4.69, 9.17) is 14.6 Å².